The van der Waals surface area contributed by atoms with Gasteiger partial charge in [0.2, 0.25) is 4.80 Å². The van der Waals surface area contributed by atoms with E-state index in [1.54, 1.807) is 42.1 Å². The van der Waals surface area contributed by atoms with Crippen molar-refractivity contribution in [1.29, 1.82) is 0 Å². The lowest BCUT2D eigenvalue weighted by atomic mass is 10.1. The Morgan fingerprint density at radius 1 is 1.21 bits per heavy atom. The second-order valence-electron chi connectivity index (χ2n) is 6.56. The molecule has 7 heteroatoms. The van der Waals surface area contributed by atoms with Crippen molar-refractivity contribution in [3.8, 4) is 22.8 Å². The number of hydrogen-bond acceptors (Lipinski definition) is 5. The van der Waals surface area contributed by atoms with E-state index in [4.69, 9.17) is 9.84 Å². The molecule has 1 heterocycles. The Balaban J connectivity index is 2.13. The molecule has 0 radical (unpaired) electrons. The van der Waals surface area contributed by atoms with E-state index in [9.17, 15) is 9.50 Å². The van der Waals surface area contributed by atoms with E-state index in [1.165, 1.54) is 23.5 Å². The highest BCUT2D eigenvalue weighted by Gasteiger charge is 2.11. The Hall–Kier alpha value is -3.19. The van der Waals surface area contributed by atoms with Crippen molar-refractivity contribution in [2.45, 2.75) is 13.8 Å². The van der Waals surface area contributed by atoms with E-state index < -0.39 is 0 Å². The first kappa shape index (κ1) is 20.5. The third-order valence-corrected chi connectivity index (χ3v) is 5.01. The number of phenolic OH excluding ortho intramolecular Hbond substituents is 1. The largest absolute Gasteiger partial charge is 0.507 e. The van der Waals surface area contributed by atoms with Gasteiger partial charge in [-0.1, -0.05) is 12.2 Å². The van der Waals surface area contributed by atoms with Gasteiger partial charge in [-0.15, -0.1) is 11.3 Å². The molecule has 0 atom stereocenters. The summed E-state index contributed by atoms with van der Waals surface area (Å²) >= 11 is 1.44. The summed E-state index contributed by atoms with van der Waals surface area (Å²) < 4.78 is 20.2. The zero-order valence-electron chi connectivity index (χ0n) is 16.5. The van der Waals surface area contributed by atoms with E-state index >= 15 is 0 Å². The minimum atomic E-state index is -0.300. The number of aromatic nitrogens is 1. The van der Waals surface area contributed by atoms with Gasteiger partial charge in [-0.2, -0.15) is 5.10 Å². The summed E-state index contributed by atoms with van der Waals surface area (Å²) in [5.74, 6) is 0.335. The van der Waals surface area contributed by atoms with E-state index in [0.29, 0.717) is 28.4 Å². The van der Waals surface area contributed by atoms with Crippen LogP contribution in [0.1, 0.15) is 19.4 Å². The summed E-state index contributed by atoms with van der Waals surface area (Å²) in [6, 6.07) is 11.3. The molecular formula is C22H22FN3O2S. The topological polar surface area (TPSA) is 59.1 Å². The molecule has 0 aliphatic carbocycles. The highest BCUT2D eigenvalue weighted by molar-refractivity contribution is 7.07. The van der Waals surface area contributed by atoms with Crippen molar-refractivity contribution in [2.75, 3.05) is 13.7 Å². The van der Waals surface area contributed by atoms with Gasteiger partial charge in [0.1, 0.15) is 17.3 Å². The maximum Gasteiger partial charge on any atom is 0.206 e. The van der Waals surface area contributed by atoms with Crippen LogP contribution in [-0.4, -0.2) is 29.1 Å². The van der Waals surface area contributed by atoms with Crippen molar-refractivity contribution in [1.82, 2.24) is 4.68 Å². The molecule has 3 aromatic rings. The monoisotopic (exact) mass is 411 g/mol. The number of phenols is 1. The molecule has 0 aliphatic rings. The third kappa shape index (κ3) is 4.81. The molecule has 0 unspecified atom stereocenters. The average molecular weight is 412 g/mol. The van der Waals surface area contributed by atoms with Crippen LogP contribution in [0.3, 0.4) is 0 Å². The summed E-state index contributed by atoms with van der Waals surface area (Å²) in [5.41, 5.74) is 3.71. The summed E-state index contributed by atoms with van der Waals surface area (Å²) in [4.78, 5) is 5.26. The van der Waals surface area contributed by atoms with Crippen molar-refractivity contribution in [3.05, 3.63) is 76.2 Å². The molecule has 0 saturated carbocycles. The summed E-state index contributed by atoms with van der Waals surface area (Å²) in [6.45, 7) is 8.09. The Morgan fingerprint density at radius 3 is 2.55 bits per heavy atom. The van der Waals surface area contributed by atoms with Gasteiger partial charge in [0.15, 0.2) is 0 Å². The van der Waals surface area contributed by atoms with Crippen LogP contribution < -0.4 is 9.54 Å². The smallest absolute Gasteiger partial charge is 0.206 e. The fourth-order valence-electron chi connectivity index (χ4n) is 2.67. The number of hydrogen-bond donors (Lipinski definition) is 1. The number of aromatic hydroxyl groups is 1. The van der Waals surface area contributed by atoms with Gasteiger partial charge in [-0.05, 0) is 50.2 Å². The van der Waals surface area contributed by atoms with Crippen LogP contribution in [0.25, 0.3) is 11.3 Å². The molecule has 5 nitrogen and oxygen atoms in total. The average Bonchev–Trinajstić information content (AvgIpc) is 3.09. The maximum absolute atomic E-state index is 13.4. The Kier molecular flexibility index (Phi) is 6.29. The van der Waals surface area contributed by atoms with E-state index in [0.717, 1.165) is 16.8 Å². The number of benzene rings is 2. The molecule has 0 amide bonds. The second-order valence-corrected chi connectivity index (χ2v) is 7.40. The van der Waals surface area contributed by atoms with Gasteiger partial charge in [0, 0.05) is 22.6 Å². The van der Waals surface area contributed by atoms with Gasteiger partial charge >= 0.3 is 0 Å². The second kappa shape index (κ2) is 8.87. The molecule has 0 aliphatic heterocycles. The normalized spacial score (nSPS) is 12.3. The molecule has 0 saturated heterocycles. The van der Waals surface area contributed by atoms with Gasteiger partial charge in [0.25, 0.3) is 0 Å². The number of methoxy groups -OCH3 is 1. The van der Waals surface area contributed by atoms with Gasteiger partial charge in [0.05, 0.1) is 25.1 Å². The minimum absolute atomic E-state index is 0.0742. The predicted octanol–water partition coefficient (Wildman–Crippen LogP) is 4.82. The lowest BCUT2D eigenvalue weighted by molar-refractivity contribution is 0.407. The first-order valence-electron chi connectivity index (χ1n) is 8.93. The van der Waals surface area contributed by atoms with Crippen molar-refractivity contribution in [3.63, 3.8) is 0 Å². The van der Waals surface area contributed by atoms with Crippen molar-refractivity contribution < 1.29 is 14.2 Å². The molecule has 0 fully saturated rings. The van der Waals surface area contributed by atoms with Gasteiger partial charge in [-0.25, -0.2) is 9.07 Å². The highest BCUT2D eigenvalue weighted by atomic mass is 32.1. The summed E-state index contributed by atoms with van der Waals surface area (Å²) in [5, 5.41) is 17.0. The standard InChI is InChI=1S/C22H22FN3O2S/c1-14(2)12-24-22-26(20(13-29-22)16-5-7-17(23)8-6-16)25-15(3)19-10-9-18(28-4)11-21(19)27/h5-11,13,27H,1,12H2,2-4H3. The zero-order valence-corrected chi connectivity index (χ0v) is 17.3. The minimum Gasteiger partial charge on any atom is -0.507 e. The zero-order chi connectivity index (χ0) is 21.0. The lowest BCUT2D eigenvalue weighted by Crippen LogP contribution is -2.15. The maximum atomic E-state index is 13.4. The lowest BCUT2D eigenvalue weighted by Gasteiger charge is -2.09. The van der Waals surface area contributed by atoms with Crippen LogP contribution in [-0.2, 0) is 0 Å². The number of ether oxygens (including phenoxy) is 1. The van der Waals surface area contributed by atoms with E-state index in [2.05, 4.69) is 11.6 Å². The van der Waals surface area contributed by atoms with E-state index in [1.807, 2.05) is 19.2 Å². The number of thiazole rings is 1. The highest BCUT2D eigenvalue weighted by Crippen LogP contribution is 2.25. The molecule has 29 heavy (non-hydrogen) atoms. The van der Waals surface area contributed by atoms with E-state index in [-0.39, 0.29) is 11.6 Å². The predicted molar refractivity (Wildman–Crippen MR) is 115 cm³/mol. The van der Waals surface area contributed by atoms with Crippen LogP contribution >= 0.6 is 11.3 Å². The van der Waals surface area contributed by atoms with Crippen LogP contribution in [0.2, 0.25) is 0 Å². The molecular weight excluding hydrogens is 389 g/mol. The molecule has 3 rings (SSSR count). The molecule has 2 aromatic carbocycles. The van der Waals surface area contributed by atoms with Crippen molar-refractivity contribution in [2.24, 2.45) is 10.1 Å². The quantitative estimate of drug-likeness (QED) is 0.467. The number of rotatable bonds is 6. The van der Waals surface area contributed by atoms with Crippen molar-refractivity contribution >= 4 is 17.0 Å². The van der Waals surface area contributed by atoms with Crippen LogP contribution in [0.15, 0.2) is 70.1 Å². The first-order chi connectivity index (χ1) is 13.9. The molecule has 1 N–H and O–H groups in total. The molecule has 0 spiro atoms. The molecule has 1 aromatic heterocycles. The molecule has 0 bridgehead atoms. The first-order valence-corrected chi connectivity index (χ1v) is 9.81. The van der Waals surface area contributed by atoms with Crippen LogP contribution in [0, 0.1) is 5.82 Å². The third-order valence-electron chi connectivity index (χ3n) is 4.15. The fraction of sp³-hybridized carbons (Fsp3) is 0.182. The fourth-order valence-corrected chi connectivity index (χ4v) is 3.51. The number of halogens is 1. The summed E-state index contributed by atoms with van der Waals surface area (Å²) in [6.07, 6.45) is 0. The van der Waals surface area contributed by atoms with Crippen LogP contribution in [0.5, 0.6) is 11.5 Å². The molecule has 150 valence electrons. The van der Waals surface area contributed by atoms with Gasteiger partial charge < -0.3 is 9.84 Å². The number of nitrogens with zero attached hydrogens (tertiary/aromatic N) is 3. The Bertz CT molecular complexity index is 1130. The van der Waals surface area contributed by atoms with Crippen LogP contribution in [0.4, 0.5) is 4.39 Å². The Labute approximate surface area is 172 Å². The summed E-state index contributed by atoms with van der Waals surface area (Å²) in [7, 11) is 1.54. The Morgan fingerprint density at radius 2 is 1.93 bits per heavy atom. The van der Waals surface area contributed by atoms with Gasteiger partial charge in [-0.3, -0.25) is 4.99 Å². The SMILES string of the molecule is C=C(C)CN=c1scc(-c2ccc(F)cc2)n1N=C(C)c1ccc(OC)cc1O.